The molecular formula is C11H15NO3S. The van der Waals surface area contributed by atoms with Crippen molar-refractivity contribution in [1.82, 2.24) is 0 Å². The van der Waals surface area contributed by atoms with Crippen molar-refractivity contribution in [3.63, 3.8) is 0 Å². The van der Waals surface area contributed by atoms with Crippen LogP contribution in [0.15, 0.2) is 23.1 Å². The smallest absolute Gasteiger partial charge is 0.179 e. The zero-order valence-corrected chi connectivity index (χ0v) is 10.2. The Morgan fingerprint density at radius 2 is 2.00 bits per heavy atom. The van der Waals surface area contributed by atoms with Gasteiger partial charge in [0.25, 0.3) is 0 Å². The lowest BCUT2D eigenvalue weighted by Gasteiger charge is -2.16. The van der Waals surface area contributed by atoms with Crippen molar-refractivity contribution in [2.24, 2.45) is 5.73 Å². The molecule has 2 rings (SSSR count). The first-order chi connectivity index (χ1) is 7.38. The molecule has 0 heterocycles. The topological polar surface area (TPSA) is 69.4 Å². The summed E-state index contributed by atoms with van der Waals surface area (Å²) in [6.45, 7) is 0. The molecule has 0 saturated heterocycles. The summed E-state index contributed by atoms with van der Waals surface area (Å²) in [4.78, 5) is 0.212. The van der Waals surface area contributed by atoms with Crippen LogP contribution in [0.2, 0.25) is 0 Å². The van der Waals surface area contributed by atoms with Gasteiger partial charge >= 0.3 is 0 Å². The standard InChI is InChI=1S/C11H15NO3S/c1-15-10-8(11(12)6-7-11)4-3-5-9(10)16(2,13)14/h3-5H,6-7,12H2,1-2H3. The minimum absolute atomic E-state index is 0.212. The minimum Gasteiger partial charge on any atom is -0.495 e. The molecular weight excluding hydrogens is 226 g/mol. The molecule has 5 heteroatoms. The molecule has 88 valence electrons. The van der Waals surface area contributed by atoms with Gasteiger partial charge in [-0.25, -0.2) is 8.42 Å². The maximum Gasteiger partial charge on any atom is 0.179 e. The van der Waals surface area contributed by atoms with Gasteiger partial charge in [0, 0.05) is 17.4 Å². The molecule has 4 nitrogen and oxygen atoms in total. The number of hydrogen-bond donors (Lipinski definition) is 1. The molecule has 0 unspecified atom stereocenters. The van der Waals surface area contributed by atoms with Crippen LogP contribution >= 0.6 is 0 Å². The van der Waals surface area contributed by atoms with Gasteiger partial charge in [-0.15, -0.1) is 0 Å². The molecule has 0 radical (unpaired) electrons. The Bertz CT molecular complexity index is 518. The highest BCUT2D eigenvalue weighted by Gasteiger charge is 2.43. The van der Waals surface area contributed by atoms with E-state index in [-0.39, 0.29) is 4.90 Å². The van der Waals surface area contributed by atoms with Gasteiger partial charge in [0.2, 0.25) is 0 Å². The summed E-state index contributed by atoms with van der Waals surface area (Å²) in [6, 6.07) is 5.09. The van der Waals surface area contributed by atoms with Gasteiger partial charge in [0.15, 0.2) is 9.84 Å². The highest BCUT2D eigenvalue weighted by molar-refractivity contribution is 7.90. The SMILES string of the molecule is COc1c(C2(N)CC2)cccc1S(C)(=O)=O. The molecule has 0 aromatic heterocycles. The fourth-order valence-electron chi connectivity index (χ4n) is 1.81. The number of methoxy groups -OCH3 is 1. The van der Waals surface area contributed by atoms with Gasteiger partial charge in [-0.1, -0.05) is 12.1 Å². The maximum absolute atomic E-state index is 11.6. The maximum atomic E-state index is 11.6. The summed E-state index contributed by atoms with van der Waals surface area (Å²) in [6.07, 6.45) is 2.91. The van der Waals surface area contributed by atoms with Crippen LogP contribution in [0.25, 0.3) is 0 Å². The largest absolute Gasteiger partial charge is 0.495 e. The first-order valence-corrected chi connectivity index (χ1v) is 6.94. The lowest BCUT2D eigenvalue weighted by molar-refractivity contribution is 0.392. The van der Waals surface area contributed by atoms with Gasteiger partial charge in [-0.3, -0.25) is 0 Å². The molecule has 0 amide bonds. The number of para-hydroxylation sites is 1. The molecule has 1 fully saturated rings. The van der Waals surface area contributed by atoms with Crippen molar-refractivity contribution < 1.29 is 13.2 Å². The van der Waals surface area contributed by atoms with Crippen LogP contribution in [0, 0.1) is 0 Å². The van der Waals surface area contributed by atoms with Crippen molar-refractivity contribution in [3.8, 4) is 5.75 Å². The third kappa shape index (κ3) is 1.81. The fraction of sp³-hybridized carbons (Fsp3) is 0.455. The van der Waals surface area contributed by atoms with E-state index in [1.807, 2.05) is 6.07 Å². The molecule has 0 aliphatic heterocycles. The average Bonchev–Trinajstić information content (AvgIpc) is 2.95. The second-order valence-electron chi connectivity index (χ2n) is 4.27. The molecule has 16 heavy (non-hydrogen) atoms. The summed E-state index contributed by atoms with van der Waals surface area (Å²) >= 11 is 0. The van der Waals surface area contributed by atoms with E-state index in [0.717, 1.165) is 18.4 Å². The van der Waals surface area contributed by atoms with Crippen molar-refractivity contribution in [2.75, 3.05) is 13.4 Å². The quantitative estimate of drug-likeness (QED) is 0.858. The van der Waals surface area contributed by atoms with Gasteiger partial charge in [0.05, 0.1) is 7.11 Å². The van der Waals surface area contributed by atoms with E-state index in [2.05, 4.69) is 0 Å². The lowest BCUT2D eigenvalue weighted by atomic mass is 10.0. The molecule has 2 N–H and O–H groups in total. The first-order valence-electron chi connectivity index (χ1n) is 5.05. The second kappa shape index (κ2) is 3.46. The number of rotatable bonds is 3. The molecule has 1 aliphatic carbocycles. The third-order valence-corrected chi connectivity index (χ3v) is 4.03. The van der Waals surface area contributed by atoms with Crippen molar-refractivity contribution >= 4 is 9.84 Å². The van der Waals surface area contributed by atoms with Crippen LogP contribution < -0.4 is 10.5 Å². The molecule has 1 saturated carbocycles. The first kappa shape index (κ1) is 11.4. The molecule has 0 spiro atoms. The van der Waals surface area contributed by atoms with Crippen LogP contribution in [0.5, 0.6) is 5.75 Å². The Labute approximate surface area is 95.3 Å². The number of benzene rings is 1. The van der Waals surface area contributed by atoms with Crippen LogP contribution in [0.4, 0.5) is 0 Å². The summed E-state index contributed by atoms with van der Waals surface area (Å²) < 4.78 is 28.4. The van der Waals surface area contributed by atoms with Crippen molar-refractivity contribution in [2.45, 2.75) is 23.3 Å². The van der Waals surface area contributed by atoms with Gasteiger partial charge in [-0.05, 0) is 18.9 Å². The lowest BCUT2D eigenvalue weighted by Crippen LogP contribution is -2.20. The van der Waals surface area contributed by atoms with Gasteiger partial charge < -0.3 is 10.5 Å². The predicted molar refractivity (Wildman–Crippen MR) is 61.2 cm³/mol. The zero-order valence-electron chi connectivity index (χ0n) is 9.36. The minimum atomic E-state index is -3.28. The zero-order chi connectivity index (χ0) is 12.0. The molecule has 0 bridgehead atoms. The molecule has 1 aromatic rings. The Hall–Kier alpha value is -1.07. The van der Waals surface area contributed by atoms with Crippen molar-refractivity contribution in [3.05, 3.63) is 23.8 Å². The predicted octanol–water partition coefficient (Wildman–Crippen LogP) is 1.05. The van der Waals surface area contributed by atoms with Gasteiger partial charge in [-0.2, -0.15) is 0 Å². The van der Waals surface area contributed by atoms with E-state index in [1.165, 1.54) is 13.4 Å². The third-order valence-electron chi connectivity index (χ3n) is 2.91. The Balaban J connectivity index is 2.65. The number of hydrogen-bond acceptors (Lipinski definition) is 4. The Morgan fingerprint density at radius 3 is 2.44 bits per heavy atom. The summed E-state index contributed by atoms with van der Waals surface area (Å²) in [5.41, 5.74) is 6.47. The molecule has 1 aromatic carbocycles. The van der Waals surface area contributed by atoms with Crippen molar-refractivity contribution in [1.29, 1.82) is 0 Å². The molecule has 0 atom stereocenters. The van der Waals surface area contributed by atoms with Gasteiger partial charge in [0.1, 0.15) is 10.6 Å². The van der Waals surface area contributed by atoms with E-state index < -0.39 is 15.4 Å². The Kier molecular flexibility index (Phi) is 2.47. The fourth-order valence-corrected chi connectivity index (χ4v) is 2.67. The summed E-state index contributed by atoms with van der Waals surface area (Å²) in [7, 11) is -1.81. The summed E-state index contributed by atoms with van der Waals surface area (Å²) in [5.74, 6) is 0.394. The molecule has 1 aliphatic rings. The number of sulfone groups is 1. The second-order valence-corrected chi connectivity index (χ2v) is 6.25. The normalized spacial score (nSPS) is 18.2. The Morgan fingerprint density at radius 1 is 1.38 bits per heavy atom. The van der Waals surface area contributed by atoms with E-state index in [4.69, 9.17) is 10.5 Å². The van der Waals surface area contributed by atoms with Crippen LogP contribution in [0.3, 0.4) is 0 Å². The highest BCUT2D eigenvalue weighted by Crippen LogP contribution is 2.47. The van der Waals surface area contributed by atoms with Crippen LogP contribution in [-0.4, -0.2) is 21.8 Å². The monoisotopic (exact) mass is 241 g/mol. The van der Waals surface area contributed by atoms with Crippen LogP contribution in [0.1, 0.15) is 18.4 Å². The number of nitrogens with two attached hydrogens (primary N) is 1. The average molecular weight is 241 g/mol. The van der Waals surface area contributed by atoms with E-state index in [9.17, 15) is 8.42 Å². The van der Waals surface area contributed by atoms with E-state index in [0.29, 0.717) is 5.75 Å². The summed E-state index contributed by atoms with van der Waals surface area (Å²) in [5, 5.41) is 0. The number of ether oxygens (including phenoxy) is 1. The van der Waals surface area contributed by atoms with E-state index in [1.54, 1.807) is 12.1 Å². The van der Waals surface area contributed by atoms with E-state index >= 15 is 0 Å². The highest BCUT2D eigenvalue weighted by atomic mass is 32.2. The van der Waals surface area contributed by atoms with Crippen LogP contribution in [-0.2, 0) is 15.4 Å².